The summed E-state index contributed by atoms with van der Waals surface area (Å²) < 4.78 is 10.5. The highest BCUT2D eigenvalue weighted by Gasteiger charge is 2.27. The first-order valence-corrected chi connectivity index (χ1v) is 6.66. The van der Waals surface area contributed by atoms with Gasteiger partial charge in [0.25, 0.3) is 0 Å². The highest BCUT2D eigenvalue weighted by atomic mass is 16.5. The molecule has 1 fully saturated rings. The van der Waals surface area contributed by atoms with E-state index in [-0.39, 0.29) is 12.2 Å². The van der Waals surface area contributed by atoms with Crippen molar-refractivity contribution in [3.05, 3.63) is 0 Å². The summed E-state index contributed by atoms with van der Waals surface area (Å²) in [6.07, 6.45) is -0.188. The van der Waals surface area contributed by atoms with Crippen molar-refractivity contribution >= 4 is 6.09 Å². The van der Waals surface area contributed by atoms with Gasteiger partial charge >= 0.3 is 6.09 Å². The molecule has 1 aliphatic rings. The van der Waals surface area contributed by atoms with E-state index in [2.05, 4.69) is 32.6 Å². The fraction of sp³-hybridized carbons (Fsp3) is 0.923. The molecule has 0 saturated carbocycles. The molecule has 0 spiro atoms. The minimum absolute atomic E-state index is 0.0719. The van der Waals surface area contributed by atoms with Crippen LogP contribution in [0.15, 0.2) is 0 Å². The second-order valence-corrected chi connectivity index (χ2v) is 5.29. The van der Waals surface area contributed by atoms with E-state index in [0.717, 1.165) is 6.54 Å². The van der Waals surface area contributed by atoms with Gasteiger partial charge < -0.3 is 14.4 Å². The molecule has 0 aliphatic carbocycles. The molecule has 1 unspecified atom stereocenters. The molecular formula is C13H26N2O3. The van der Waals surface area contributed by atoms with Gasteiger partial charge in [-0.25, -0.2) is 4.79 Å². The zero-order valence-corrected chi connectivity index (χ0v) is 12.2. The molecule has 0 aromatic carbocycles. The number of nitrogens with zero attached hydrogens (tertiary/aromatic N) is 2. The summed E-state index contributed by atoms with van der Waals surface area (Å²) in [5.74, 6) is 0. The van der Waals surface area contributed by atoms with E-state index in [4.69, 9.17) is 9.47 Å². The Hall–Kier alpha value is -0.810. The maximum atomic E-state index is 11.5. The number of amides is 1. The Morgan fingerprint density at radius 1 is 1.39 bits per heavy atom. The van der Waals surface area contributed by atoms with Crippen LogP contribution in [0, 0.1) is 0 Å². The van der Waals surface area contributed by atoms with Gasteiger partial charge in [-0.3, -0.25) is 4.90 Å². The Morgan fingerprint density at radius 3 is 2.50 bits per heavy atom. The van der Waals surface area contributed by atoms with Crippen LogP contribution in [0.5, 0.6) is 0 Å². The molecule has 5 nitrogen and oxygen atoms in total. The van der Waals surface area contributed by atoms with E-state index in [0.29, 0.717) is 31.8 Å². The number of rotatable bonds is 4. The zero-order valence-electron chi connectivity index (χ0n) is 12.2. The van der Waals surface area contributed by atoms with Gasteiger partial charge in [-0.2, -0.15) is 0 Å². The van der Waals surface area contributed by atoms with Gasteiger partial charge in [0, 0.05) is 25.2 Å². The summed E-state index contributed by atoms with van der Waals surface area (Å²) in [4.78, 5) is 15.6. The van der Waals surface area contributed by atoms with Crippen molar-refractivity contribution in [2.24, 2.45) is 0 Å². The van der Waals surface area contributed by atoms with Crippen molar-refractivity contribution in [3.63, 3.8) is 0 Å². The predicted octanol–water partition coefficient (Wildman–Crippen LogP) is 1.57. The van der Waals surface area contributed by atoms with E-state index in [9.17, 15) is 4.79 Å². The summed E-state index contributed by atoms with van der Waals surface area (Å²) in [6, 6.07) is 0.948. The van der Waals surface area contributed by atoms with E-state index in [1.807, 2.05) is 0 Å². The third-order valence-electron chi connectivity index (χ3n) is 3.31. The van der Waals surface area contributed by atoms with E-state index in [1.54, 1.807) is 4.90 Å². The lowest BCUT2D eigenvalue weighted by Crippen LogP contribution is -2.51. The molecule has 1 aliphatic heterocycles. The maximum absolute atomic E-state index is 11.5. The lowest BCUT2D eigenvalue weighted by Gasteiger charge is -2.38. The first-order valence-electron chi connectivity index (χ1n) is 6.66. The monoisotopic (exact) mass is 258 g/mol. The van der Waals surface area contributed by atoms with Gasteiger partial charge in [0.2, 0.25) is 0 Å². The van der Waals surface area contributed by atoms with Crippen LogP contribution in [-0.4, -0.2) is 67.4 Å². The Bertz CT molecular complexity index is 261. The minimum Gasteiger partial charge on any atom is -0.453 e. The topological polar surface area (TPSA) is 42.0 Å². The average Bonchev–Trinajstić information content (AvgIpc) is 2.34. The minimum atomic E-state index is -0.260. The Kier molecular flexibility index (Phi) is 5.88. The van der Waals surface area contributed by atoms with Crippen molar-refractivity contribution in [1.82, 2.24) is 9.80 Å². The smallest absolute Gasteiger partial charge is 0.409 e. The SMILES string of the molecule is COC(=O)N1CCOC(CN(C(C)C)C(C)C)C1. The molecule has 0 aromatic rings. The summed E-state index contributed by atoms with van der Waals surface area (Å²) in [6.45, 7) is 11.4. The van der Waals surface area contributed by atoms with Crippen molar-refractivity contribution in [3.8, 4) is 0 Å². The van der Waals surface area contributed by atoms with Crippen LogP contribution in [0.25, 0.3) is 0 Å². The molecule has 0 N–H and O–H groups in total. The van der Waals surface area contributed by atoms with Gasteiger partial charge in [-0.05, 0) is 27.7 Å². The number of hydrogen-bond donors (Lipinski definition) is 0. The standard InChI is InChI=1S/C13H26N2O3/c1-10(2)15(11(3)4)9-12-8-14(6-7-18-12)13(16)17-5/h10-12H,6-9H2,1-5H3. The maximum Gasteiger partial charge on any atom is 0.409 e. The van der Waals surface area contributed by atoms with Gasteiger partial charge in [0.15, 0.2) is 0 Å². The lowest BCUT2D eigenvalue weighted by atomic mass is 10.2. The van der Waals surface area contributed by atoms with Gasteiger partial charge in [0.1, 0.15) is 0 Å². The van der Waals surface area contributed by atoms with Crippen LogP contribution in [0.4, 0.5) is 4.79 Å². The molecule has 1 heterocycles. The third-order valence-corrected chi connectivity index (χ3v) is 3.31. The number of hydrogen-bond acceptors (Lipinski definition) is 4. The lowest BCUT2D eigenvalue weighted by molar-refractivity contribution is -0.0467. The molecule has 1 saturated heterocycles. The van der Waals surface area contributed by atoms with Crippen LogP contribution < -0.4 is 0 Å². The quantitative estimate of drug-likeness (QED) is 0.767. The van der Waals surface area contributed by atoms with Crippen LogP contribution in [-0.2, 0) is 9.47 Å². The Morgan fingerprint density at radius 2 is 2.00 bits per heavy atom. The molecular weight excluding hydrogens is 232 g/mol. The summed E-state index contributed by atoms with van der Waals surface area (Å²) >= 11 is 0. The van der Waals surface area contributed by atoms with Crippen molar-refractivity contribution in [1.29, 1.82) is 0 Å². The molecule has 106 valence electrons. The molecule has 0 aromatic heterocycles. The van der Waals surface area contributed by atoms with Crippen LogP contribution in [0.1, 0.15) is 27.7 Å². The number of methoxy groups -OCH3 is 1. The molecule has 5 heteroatoms. The summed E-state index contributed by atoms with van der Waals surface area (Å²) in [5.41, 5.74) is 0. The first-order chi connectivity index (χ1) is 8.45. The van der Waals surface area contributed by atoms with Gasteiger partial charge in [0.05, 0.1) is 26.4 Å². The number of carbonyl (C=O) groups is 1. The fourth-order valence-corrected chi connectivity index (χ4v) is 2.38. The Labute approximate surface area is 110 Å². The predicted molar refractivity (Wildman–Crippen MR) is 70.7 cm³/mol. The molecule has 0 bridgehead atoms. The first kappa shape index (κ1) is 15.2. The second kappa shape index (κ2) is 6.95. The van der Waals surface area contributed by atoms with Crippen LogP contribution in [0.2, 0.25) is 0 Å². The largest absolute Gasteiger partial charge is 0.453 e. The number of ether oxygens (including phenoxy) is 2. The third kappa shape index (κ3) is 4.14. The van der Waals surface area contributed by atoms with Crippen LogP contribution in [0.3, 0.4) is 0 Å². The van der Waals surface area contributed by atoms with E-state index in [1.165, 1.54) is 7.11 Å². The van der Waals surface area contributed by atoms with Gasteiger partial charge in [-0.15, -0.1) is 0 Å². The molecule has 1 amide bonds. The average molecular weight is 258 g/mol. The van der Waals surface area contributed by atoms with Crippen molar-refractivity contribution in [2.75, 3.05) is 33.4 Å². The van der Waals surface area contributed by atoms with Crippen molar-refractivity contribution < 1.29 is 14.3 Å². The molecule has 1 atom stereocenters. The van der Waals surface area contributed by atoms with Gasteiger partial charge in [-0.1, -0.05) is 0 Å². The normalized spacial score (nSPS) is 20.9. The molecule has 1 rings (SSSR count). The van der Waals surface area contributed by atoms with Crippen molar-refractivity contribution in [2.45, 2.75) is 45.9 Å². The van der Waals surface area contributed by atoms with E-state index < -0.39 is 0 Å². The van der Waals surface area contributed by atoms with E-state index >= 15 is 0 Å². The summed E-state index contributed by atoms with van der Waals surface area (Å²) in [5, 5.41) is 0. The Balaban J connectivity index is 2.53. The fourth-order valence-electron chi connectivity index (χ4n) is 2.38. The van der Waals surface area contributed by atoms with Crippen LogP contribution >= 0.6 is 0 Å². The highest BCUT2D eigenvalue weighted by molar-refractivity contribution is 5.67. The zero-order chi connectivity index (χ0) is 13.7. The molecule has 0 radical (unpaired) electrons. The number of morpholine rings is 1. The summed E-state index contributed by atoms with van der Waals surface area (Å²) in [7, 11) is 1.42. The molecule has 18 heavy (non-hydrogen) atoms. The number of carbonyl (C=O) groups excluding carboxylic acids is 1. The second-order valence-electron chi connectivity index (χ2n) is 5.29. The highest BCUT2D eigenvalue weighted by Crippen LogP contribution is 2.12.